The van der Waals surface area contributed by atoms with E-state index in [1.54, 1.807) is 12.5 Å². The van der Waals surface area contributed by atoms with Crippen molar-refractivity contribution >= 4 is 0 Å². The average molecular weight is 189 g/mol. The summed E-state index contributed by atoms with van der Waals surface area (Å²) in [5.74, 6) is 0.674. The van der Waals surface area contributed by atoms with Crippen molar-refractivity contribution < 1.29 is 4.42 Å². The second kappa shape index (κ2) is 4.02. The van der Waals surface area contributed by atoms with Crippen LogP contribution in [0.2, 0.25) is 0 Å². The van der Waals surface area contributed by atoms with E-state index in [4.69, 9.17) is 4.42 Å². The molecule has 0 aliphatic heterocycles. The Bertz CT molecular complexity index is 397. The lowest BCUT2D eigenvalue weighted by atomic mass is 10.3. The van der Waals surface area contributed by atoms with Crippen LogP contribution in [0.4, 0.5) is 0 Å². The predicted octanol–water partition coefficient (Wildman–Crippen LogP) is 1.46. The summed E-state index contributed by atoms with van der Waals surface area (Å²) in [7, 11) is 1.85. The monoisotopic (exact) mass is 189 g/mol. The minimum absolute atomic E-state index is 0.632. The number of rotatable bonds is 3. The Balaban J connectivity index is 2.25. The lowest BCUT2D eigenvalue weighted by Crippen LogP contribution is -2.04. The highest BCUT2D eigenvalue weighted by atomic mass is 16.3. The van der Waals surface area contributed by atoms with Crippen LogP contribution in [-0.4, -0.2) is 17.0 Å². The van der Waals surface area contributed by atoms with Crippen LogP contribution in [0.15, 0.2) is 35.1 Å². The van der Waals surface area contributed by atoms with Gasteiger partial charge in [0.25, 0.3) is 0 Å². The van der Waals surface area contributed by atoms with E-state index in [2.05, 4.69) is 15.3 Å². The molecule has 4 nitrogen and oxygen atoms in total. The third-order valence-electron chi connectivity index (χ3n) is 1.81. The molecular formula is C10H11N3O. The number of pyridine rings is 1. The molecule has 0 bridgehead atoms. The first-order chi connectivity index (χ1) is 6.90. The topological polar surface area (TPSA) is 51.0 Å². The Labute approximate surface area is 82.0 Å². The van der Waals surface area contributed by atoms with Gasteiger partial charge in [-0.15, -0.1) is 0 Å². The van der Waals surface area contributed by atoms with Crippen LogP contribution in [0.3, 0.4) is 0 Å². The van der Waals surface area contributed by atoms with E-state index in [-0.39, 0.29) is 0 Å². The standard InChI is InChI=1S/C10H11N3O/c1-11-6-10-13-9(7-14-10)8-4-2-3-5-12-8/h2-5,7,11H,6H2,1H3. The normalized spacial score (nSPS) is 10.4. The van der Waals surface area contributed by atoms with Crippen LogP contribution < -0.4 is 5.32 Å². The highest BCUT2D eigenvalue weighted by molar-refractivity contribution is 5.51. The first-order valence-electron chi connectivity index (χ1n) is 4.40. The van der Waals surface area contributed by atoms with E-state index < -0.39 is 0 Å². The van der Waals surface area contributed by atoms with Gasteiger partial charge in [0.05, 0.1) is 12.2 Å². The van der Waals surface area contributed by atoms with E-state index in [1.807, 2.05) is 25.2 Å². The van der Waals surface area contributed by atoms with Crippen LogP contribution >= 0.6 is 0 Å². The largest absolute Gasteiger partial charge is 0.447 e. The van der Waals surface area contributed by atoms with Gasteiger partial charge in [0.1, 0.15) is 12.0 Å². The van der Waals surface area contributed by atoms with Crippen molar-refractivity contribution in [1.82, 2.24) is 15.3 Å². The molecule has 2 heterocycles. The second-order valence-corrected chi connectivity index (χ2v) is 2.87. The number of nitrogens with zero attached hydrogens (tertiary/aromatic N) is 2. The molecule has 0 aromatic carbocycles. The lowest BCUT2D eigenvalue weighted by molar-refractivity contribution is 0.480. The molecule has 0 aliphatic carbocycles. The highest BCUT2D eigenvalue weighted by Gasteiger charge is 2.05. The fourth-order valence-corrected chi connectivity index (χ4v) is 1.18. The summed E-state index contributed by atoms with van der Waals surface area (Å²) in [6.45, 7) is 0.632. The maximum atomic E-state index is 5.25. The van der Waals surface area contributed by atoms with E-state index >= 15 is 0 Å². The molecule has 0 radical (unpaired) electrons. The smallest absolute Gasteiger partial charge is 0.208 e. The molecule has 0 saturated heterocycles. The molecule has 2 rings (SSSR count). The maximum absolute atomic E-state index is 5.25. The van der Waals surface area contributed by atoms with Gasteiger partial charge in [-0.1, -0.05) is 6.07 Å². The Morgan fingerprint density at radius 3 is 3.00 bits per heavy atom. The fraction of sp³-hybridized carbons (Fsp3) is 0.200. The summed E-state index contributed by atoms with van der Waals surface area (Å²) in [4.78, 5) is 8.46. The fourth-order valence-electron chi connectivity index (χ4n) is 1.18. The molecule has 2 aromatic heterocycles. The SMILES string of the molecule is CNCc1nc(-c2ccccn2)co1. The van der Waals surface area contributed by atoms with Gasteiger partial charge in [-0.05, 0) is 19.2 Å². The summed E-state index contributed by atoms with van der Waals surface area (Å²) in [6.07, 6.45) is 3.36. The van der Waals surface area contributed by atoms with Gasteiger partial charge in [0.15, 0.2) is 0 Å². The summed E-state index contributed by atoms with van der Waals surface area (Å²) in [5, 5.41) is 2.97. The quantitative estimate of drug-likeness (QED) is 0.794. The van der Waals surface area contributed by atoms with E-state index in [1.165, 1.54) is 0 Å². The zero-order valence-corrected chi connectivity index (χ0v) is 7.90. The molecule has 0 spiro atoms. The molecule has 2 aromatic rings. The minimum Gasteiger partial charge on any atom is -0.447 e. The van der Waals surface area contributed by atoms with Crippen LogP contribution in [0.5, 0.6) is 0 Å². The summed E-state index contributed by atoms with van der Waals surface area (Å²) in [6, 6.07) is 5.70. The summed E-state index contributed by atoms with van der Waals surface area (Å²) < 4.78 is 5.25. The maximum Gasteiger partial charge on any atom is 0.208 e. The highest BCUT2D eigenvalue weighted by Crippen LogP contribution is 2.14. The van der Waals surface area contributed by atoms with Crippen LogP contribution in [0.25, 0.3) is 11.4 Å². The van der Waals surface area contributed by atoms with Gasteiger partial charge in [0, 0.05) is 6.20 Å². The number of hydrogen-bond acceptors (Lipinski definition) is 4. The molecule has 0 saturated carbocycles. The van der Waals surface area contributed by atoms with Gasteiger partial charge in [-0.25, -0.2) is 4.98 Å². The van der Waals surface area contributed by atoms with Crippen LogP contribution in [0.1, 0.15) is 5.89 Å². The molecule has 72 valence electrons. The van der Waals surface area contributed by atoms with Gasteiger partial charge >= 0.3 is 0 Å². The molecule has 0 amide bonds. The molecule has 0 aliphatic rings. The molecule has 14 heavy (non-hydrogen) atoms. The summed E-state index contributed by atoms with van der Waals surface area (Å²) in [5.41, 5.74) is 1.61. The number of hydrogen-bond donors (Lipinski definition) is 1. The van der Waals surface area contributed by atoms with E-state index in [0.29, 0.717) is 12.4 Å². The average Bonchev–Trinajstić information content (AvgIpc) is 2.68. The van der Waals surface area contributed by atoms with Crippen molar-refractivity contribution in [1.29, 1.82) is 0 Å². The Morgan fingerprint density at radius 1 is 1.36 bits per heavy atom. The minimum atomic E-state index is 0.632. The van der Waals surface area contributed by atoms with E-state index in [0.717, 1.165) is 11.4 Å². The van der Waals surface area contributed by atoms with Gasteiger partial charge < -0.3 is 9.73 Å². The molecule has 4 heteroatoms. The van der Waals surface area contributed by atoms with E-state index in [9.17, 15) is 0 Å². The van der Waals surface area contributed by atoms with Gasteiger partial charge in [-0.2, -0.15) is 0 Å². The lowest BCUT2D eigenvalue weighted by Gasteiger charge is -1.91. The van der Waals surface area contributed by atoms with Crippen LogP contribution in [-0.2, 0) is 6.54 Å². The predicted molar refractivity (Wildman–Crippen MR) is 52.5 cm³/mol. The van der Waals surface area contributed by atoms with Crippen molar-refractivity contribution in [2.24, 2.45) is 0 Å². The molecular weight excluding hydrogens is 178 g/mol. The molecule has 0 atom stereocenters. The second-order valence-electron chi connectivity index (χ2n) is 2.87. The number of oxazole rings is 1. The number of aromatic nitrogens is 2. The first-order valence-corrected chi connectivity index (χ1v) is 4.40. The zero-order valence-electron chi connectivity index (χ0n) is 7.90. The first kappa shape index (κ1) is 8.90. The molecule has 0 fully saturated rings. The van der Waals surface area contributed by atoms with Crippen molar-refractivity contribution in [3.63, 3.8) is 0 Å². The van der Waals surface area contributed by atoms with Crippen molar-refractivity contribution in [2.75, 3.05) is 7.05 Å². The molecule has 0 unspecified atom stereocenters. The molecule has 1 N–H and O–H groups in total. The number of nitrogens with one attached hydrogen (secondary N) is 1. The van der Waals surface area contributed by atoms with Crippen molar-refractivity contribution in [2.45, 2.75) is 6.54 Å². The Kier molecular flexibility index (Phi) is 2.55. The zero-order chi connectivity index (χ0) is 9.80. The Hall–Kier alpha value is -1.68. The van der Waals surface area contributed by atoms with Crippen LogP contribution in [0, 0.1) is 0 Å². The third kappa shape index (κ3) is 1.80. The van der Waals surface area contributed by atoms with Gasteiger partial charge in [0.2, 0.25) is 5.89 Å². The van der Waals surface area contributed by atoms with Gasteiger partial charge in [-0.3, -0.25) is 4.98 Å². The Morgan fingerprint density at radius 2 is 2.29 bits per heavy atom. The van der Waals surface area contributed by atoms with Crippen molar-refractivity contribution in [3.8, 4) is 11.4 Å². The summed E-state index contributed by atoms with van der Waals surface area (Å²) >= 11 is 0. The third-order valence-corrected chi connectivity index (χ3v) is 1.81. The van der Waals surface area contributed by atoms with Crippen molar-refractivity contribution in [3.05, 3.63) is 36.5 Å².